The number of sulfonamides is 1. The van der Waals surface area contributed by atoms with Crippen molar-refractivity contribution in [1.29, 1.82) is 0 Å². The summed E-state index contributed by atoms with van der Waals surface area (Å²) in [6, 6.07) is 8.43. The van der Waals surface area contributed by atoms with E-state index in [0.717, 1.165) is 27.8 Å². The smallest absolute Gasteiger partial charge is 0.346 e. The number of hydrogen-bond donors (Lipinski definition) is 1. The van der Waals surface area contributed by atoms with E-state index in [4.69, 9.17) is 11.6 Å². The lowest BCUT2D eigenvalue weighted by atomic mass is 10.0. The van der Waals surface area contributed by atoms with Gasteiger partial charge in [0, 0.05) is 7.05 Å². The molecule has 0 spiro atoms. The summed E-state index contributed by atoms with van der Waals surface area (Å²) in [5.74, 6) is -3.54. The Kier molecular flexibility index (Phi) is 5.72. The van der Waals surface area contributed by atoms with Gasteiger partial charge in [-0.3, -0.25) is 13.9 Å². The second kappa shape index (κ2) is 8.25. The maximum atomic E-state index is 13.6. The van der Waals surface area contributed by atoms with E-state index in [1.54, 1.807) is 0 Å². The zero-order valence-corrected chi connectivity index (χ0v) is 19.2. The molecular weight excluding hydrogens is 495 g/mol. The van der Waals surface area contributed by atoms with Gasteiger partial charge in [0.2, 0.25) is 5.91 Å². The van der Waals surface area contributed by atoms with E-state index in [-0.39, 0.29) is 43.7 Å². The summed E-state index contributed by atoms with van der Waals surface area (Å²) in [5.41, 5.74) is 0.0157. The predicted octanol–water partition coefficient (Wildman–Crippen LogP) is 3.79. The Morgan fingerprint density at radius 2 is 1.94 bits per heavy atom. The second-order valence-electron chi connectivity index (χ2n) is 7.05. The standard InChI is InChI=1S/C21H14ClFN2O6S2/c1-24(13-4-2-3-12(23)8-13)33(30,31)14-5-6-15(22)16(9-14)25-17(26)7-11-10-32-19(21(28)29)18(11)20(25)27/h2-6,8-10H,7H2,1H3,(H,28,29). The van der Waals surface area contributed by atoms with E-state index in [9.17, 15) is 32.3 Å². The molecule has 1 N–H and O–H groups in total. The first kappa shape index (κ1) is 22.9. The van der Waals surface area contributed by atoms with Crippen LogP contribution in [0.3, 0.4) is 0 Å². The van der Waals surface area contributed by atoms with Crippen LogP contribution < -0.4 is 9.21 Å². The van der Waals surface area contributed by atoms with Crippen molar-refractivity contribution in [3.8, 4) is 0 Å². The van der Waals surface area contributed by atoms with Gasteiger partial charge in [0.25, 0.3) is 15.9 Å². The number of halogens is 2. The number of imide groups is 1. The molecule has 0 saturated heterocycles. The number of nitrogens with zero attached hydrogens (tertiary/aromatic N) is 2. The molecule has 4 rings (SSSR count). The first-order chi connectivity index (χ1) is 15.5. The largest absolute Gasteiger partial charge is 0.477 e. The van der Waals surface area contributed by atoms with Crippen LogP contribution in [0.25, 0.3) is 0 Å². The molecule has 0 aliphatic carbocycles. The van der Waals surface area contributed by atoms with Crippen molar-refractivity contribution in [1.82, 2.24) is 0 Å². The third-order valence-electron chi connectivity index (χ3n) is 5.06. The summed E-state index contributed by atoms with van der Waals surface area (Å²) in [6.45, 7) is 0. The molecule has 1 aliphatic rings. The highest BCUT2D eigenvalue weighted by Gasteiger charge is 2.38. The molecule has 33 heavy (non-hydrogen) atoms. The monoisotopic (exact) mass is 508 g/mol. The summed E-state index contributed by atoms with van der Waals surface area (Å²) in [4.78, 5) is 37.5. The highest BCUT2D eigenvalue weighted by Crippen LogP contribution is 2.36. The summed E-state index contributed by atoms with van der Waals surface area (Å²) >= 11 is 7.04. The molecule has 0 atom stereocenters. The number of thiophene rings is 1. The third-order valence-corrected chi connectivity index (χ3v) is 8.18. The zero-order valence-electron chi connectivity index (χ0n) is 16.8. The Morgan fingerprint density at radius 3 is 2.61 bits per heavy atom. The van der Waals surface area contributed by atoms with Crippen LogP contribution in [0.4, 0.5) is 15.8 Å². The fourth-order valence-electron chi connectivity index (χ4n) is 3.42. The number of amides is 2. The van der Waals surface area contributed by atoms with Crippen LogP contribution in [-0.4, -0.2) is 38.4 Å². The predicted molar refractivity (Wildman–Crippen MR) is 120 cm³/mol. The number of benzene rings is 2. The molecule has 0 unspecified atom stereocenters. The van der Waals surface area contributed by atoms with E-state index in [0.29, 0.717) is 4.90 Å². The van der Waals surface area contributed by atoms with Crippen molar-refractivity contribution >= 4 is 62.1 Å². The van der Waals surface area contributed by atoms with Gasteiger partial charge in [-0.15, -0.1) is 11.3 Å². The van der Waals surface area contributed by atoms with E-state index < -0.39 is 33.6 Å². The molecule has 0 bridgehead atoms. The van der Waals surface area contributed by atoms with E-state index in [1.807, 2.05) is 0 Å². The Labute approximate surface area is 196 Å². The summed E-state index contributed by atoms with van der Waals surface area (Å²) in [5, 5.41) is 10.7. The third kappa shape index (κ3) is 3.88. The number of rotatable bonds is 5. The Balaban J connectivity index is 1.79. The summed E-state index contributed by atoms with van der Waals surface area (Å²) < 4.78 is 40.7. The zero-order chi connectivity index (χ0) is 24.1. The number of aromatic carboxylic acids is 1. The van der Waals surface area contributed by atoms with Crippen LogP contribution in [0.1, 0.15) is 25.6 Å². The van der Waals surface area contributed by atoms with Crippen LogP contribution in [0.2, 0.25) is 5.02 Å². The molecule has 0 radical (unpaired) electrons. The van der Waals surface area contributed by atoms with E-state index in [1.165, 1.54) is 42.8 Å². The molecule has 2 aromatic carbocycles. The average molecular weight is 509 g/mol. The molecule has 0 fully saturated rings. The maximum absolute atomic E-state index is 13.6. The van der Waals surface area contributed by atoms with Gasteiger partial charge in [-0.25, -0.2) is 22.5 Å². The molecule has 2 heterocycles. The summed E-state index contributed by atoms with van der Waals surface area (Å²) in [6.07, 6.45) is -0.249. The topological polar surface area (TPSA) is 112 Å². The number of carboxylic acids is 1. The van der Waals surface area contributed by atoms with E-state index >= 15 is 0 Å². The fourth-order valence-corrected chi connectivity index (χ4v) is 5.73. The quantitative estimate of drug-likeness (QED) is 0.525. The highest BCUT2D eigenvalue weighted by molar-refractivity contribution is 7.92. The van der Waals surface area contributed by atoms with Crippen molar-refractivity contribution in [3.63, 3.8) is 0 Å². The Morgan fingerprint density at radius 1 is 1.21 bits per heavy atom. The second-order valence-corrected chi connectivity index (χ2v) is 10.3. The van der Waals surface area contributed by atoms with E-state index in [2.05, 4.69) is 0 Å². The average Bonchev–Trinajstić information content (AvgIpc) is 3.18. The van der Waals surface area contributed by atoms with Crippen molar-refractivity contribution in [2.45, 2.75) is 11.3 Å². The minimum Gasteiger partial charge on any atom is -0.477 e. The highest BCUT2D eigenvalue weighted by atomic mass is 35.5. The number of fused-ring (bicyclic) bond motifs is 1. The first-order valence-electron chi connectivity index (χ1n) is 9.27. The van der Waals surface area contributed by atoms with Gasteiger partial charge < -0.3 is 5.11 Å². The SMILES string of the molecule is CN(c1cccc(F)c1)S(=O)(=O)c1ccc(Cl)c(N2C(=O)Cc3csc(C(=O)O)c3C2=O)c1. The lowest BCUT2D eigenvalue weighted by Crippen LogP contribution is -2.43. The minimum atomic E-state index is -4.23. The lowest BCUT2D eigenvalue weighted by Gasteiger charge is -2.27. The molecule has 1 aliphatic heterocycles. The van der Waals surface area contributed by atoms with Gasteiger partial charge in [0.1, 0.15) is 10.7 Å². The molecule has 0 saturated carbocycles. The molecule has 2 amide bonds. The maximum Gasteiger partial charge on any atom is 0.346 e. The van der Waals surface area contributed by atoms with Crippen LogP contribution >= 0.6 is 22.9 Å². The number of carboxylic acid groups (broad SMARTS) is 1. The van der Waals surface area contributed by atoms with Gasteiger partial charge in [0.05, 0.1) is 33.3 Å². The van der Waals surface area contributed by atoms with Crippen LogP contribution in [0, 0.1) is 5.82 Å². The molecule has 12 heteroatoms. The Hall–Kier alpha value is -3.28. The van der Waals surface area contributed by atoms with Gasteiger partial charge in [-0.1, -0.05) is 17.7 Å². The fraction of sp³-hybridized carbons (Fsp3) is 0.0952. The minimum absolute atomic E-state index is 0.0608. The molecule has 1 aromatic heterocycles. The lowest BCUT2D eigenvalue weighted by molar-refractivity contribution is -0.117. The van der Waals surface area contributed by atoms with Crippen LogP contribution in [-0.2, 0) is 21.2 Å². The Bertz CT molecular complexity index is 1440. The van der Waals surface area contributed by atoms with Crippen LogP contribution in [0.15, 0.2) is 52.7 Å². The summed E-state index contributed by atoms with van der Waals surface area (Å²) in [7, 11) is -3.00. The van der Waals surface area contributed by atoms with Gasteiger partial charge in [-0.2, -0.15) is 0 Å². The van der Waals surface area contributed by atoms with Gasteiger partial charge >= 0.3 is 5.97 Å². The first-order valence-corrected chi connectivity index (χ1v) is 12.0. The van der Waals surface area contributed by atoms with Crippen molar-refractivity contribution < 1.29 is 32.3 Å². The normalized spacial score (nSPS) is 13.7. The number of anilines is 2. The van der Waals surface area contributed by atoms with Gasteiger partial charge in [0.15, 0.2) is 0 Å². The number of carbonyl (C=O) groups is 3. The van der Waals surface area contributed by atoms with Gasteiger partial charge in [-0.05, 0) is 47.3 Å². The van der Waals surface area contributed by atoms with Crippen molar-refractivity contribution in [2.75, 3.05) is 16.3 Å². The number of carbonyl (C=O) groups excluding carboxylic acids is 2. The van der Waals surface area contributed by atoms with Crippen LogP contribution in [0.5, 0.6) is 0 Å². The molecule has 3 aromatic rings. The molecule has 8 nitrogen and oxygen atoms in total. The van der Waals surface area contributed by atoms with Crippen molar-refractivity contribution in [3.05, 3.63) is 74.7 Å². The molecular formula is C21H14ClFN2O6S2. The van der Waals surface area contributed by atoms with Crippen molar-refractivity contribution in [2.24, 2.45) is 0 Å². The molecule has 170 valence electrons. The number of hydrogen-bond acceptors (Lipinski definition) is 6.